The minimum absolute atomic E-state index is 0.120. The first kappa shape index (κ1) is 22.8. The van der Waals surface area contributed by atoms with Crippen LogP contribution in [0.4, 0.5) is 11.4 Å². The lowest BCUT2D eigenvalue weighted by Gasteiger charge is -2.24. The number of carbonyl (C=O) groups excluding carboxylic acids is 1. The van der Waals surface area contributed by atoms with Gasteiger partial charge in [0.1, 0.15) is 12.3 Å². The molecular formula is C23H23BrN2O4S. The van der Waals surface area contributed by atoms with Gasteiger partial charge in [0.2, 0.25) is 5.91 Å². The number of ether oxygens (including phenoxy) is 1. The van der Waals surface area contributed by atoms with Crippen LogP contribution in [-0.4, -0.2) is 27.5 Å². The fourth-order valence-electron chi connectivity index (χ4n) is 2.89. The minimum Gasteiger partial charge on any atom is -0.494 e. The molecule has 0 aliphatic carbocycles. The normalized spacial score (nSPS) is 11.1. The maximum absolute atomic E-state index is 13.4. The molecule has 0 atom stereocenters. The lowest BCUT2D eigenvalue weighted by molar-refractivity contribution is -0.114. The fourth-order valence-corrected chi connectivity index (χ4v) is 4.58. The van der Waals surface area contributed by atoms with Gasteiger partial charge in [-0.05, 0) is 74.5 Å². The summed E-state index contributed by atoms with van der Waals surface area (Å²) in [6.07, 6.45) is 0. The highest BCUT2D eigenvalue weighted by Gasteiger charge is 2.27. The molecule has 0 aromatic heterocycles. The maximum Gasteiger partial charge on any atom is 0.264 e. The predicted molar refractivity (Wildman–Crippen MR) is 126 cm³/mol. The molecule has 31 heavy (non-hydrogen) atoms. The van der Waals surface area contributed by atoms with Crippen molar-refractivity contribution in [2.75, 3.05) is 22.8 Å². The average Bonchev–Trinajstić information content (AvgIpc) is 2.75. The first-order valence-corrected chi connectivity index (χ1v) is 11.9. The lowest BCUT2D eigenvalue weighted by Crippen LogP contribution is -2.38. The molecule has 0 aliphatic rings. The summed E-state index contributed by atoms with van der Waals surface area (Å²) in [5.74, 6) is 0.238. The third-order valence-corrected chi connectivity index (χ3v) is 6.78. The number of rotatable bonds is 8. The largest absolute Gasteiger partial charge is 0.494 e. The third kappa shape index (κ3) is 5.86. The van der Waals surface area contributed by atoms with Crippen LogP contribution in [0.3, 0.4) is 0 Å². The number of anilines is 2. The number of benzene rings is 3. The van der Waals surface area contributed by atoms with Gasteiger partial charge in [-0.25, -0.2) is 8.42 Å². The first-order valence-electron chi connectivity index (χ1n) is 9.67. The molecule has 3 aromatic carbocycles. The van der Waals surface area contributed by atoms with Crippen LogP contribution in [0, 0.1) is 6.92 Å². The third-order valence-electron chi connectivity index (χ3n) is 4.46. The van der Waals surface area contributed by atoms with Crippen molar-refractivity contribution in [1.29, 1.82) is 0 Å². The number of hydrogen-bond acceptors (Lipinski definition) is 4. The average molecular weight is 503 g/mol. The molecule has 1 N–H and O–H groups in total. The van der Waals surface area contributed by atoms with Crippen LogP contribution in [0.5, 0.6) is 5.75 Å². The number of sulfonamides is 1. The van der Waals surface area contributed by atoms with Crippen LogP contribution in [0.25, 0.3) is 0 Å². The van der Waals surface area contributed by atoms with Gasteiger partial charge >= 0.3 is 0 Å². The van der Waals surface area contributed by atoms with Crippen LogP contribution >= 0.6 is 15.9 Å². The first-order chi connectivity index (χ1) is 14.8. The monoisotopic (exact) mass is 502 g/mol. The molecule has 8 heteroatoms. The van der Waals surface area contributed by atoms with Gasteiger partial charge in [0.05, 0.1) is 17.2 Å². The van der Waals surface area contributed by atoms with E-state index in [0.29, 0.717) is 23.7 Å². The quantitative estimate of drug-likeness (QED) is 0.470. The van der Waals surface area contributed by atoms with E-state index in [1.807, 2.05) is 13.8 Å². The van der Waals surface area contributed by atoms with Crippen LogP contribution in [-0.2, 0) is 14.8 Å². The van der Waals surface area contributed by atoms with Crippen molar-refractivity contribution < 1.29 is 17.9 Å². The van der Waals surface area contributed by atoms with Crippen molar-refractivity contribution in [2.45, 2.75) is 18.7 Å². The van der Waals surface area contributed by atoms with E-state index in [-0.39, 0.29) is 11.4 Å². The minimum atomic E-state index is -3.95. The summed E-state index contributed by atoms with van der Waals surface area (Å²) in [5.41, 5.74) is 1.89. The molecule has 0 spiro atoms. The highest BCUT2D eigenvalue weighted by atomic mass is 79.9. The van der Waals surface area contributed by atoms with E-state index >= 15 is 0 Å². The Morgan fingerprint density at radius 3 is 2.16 bits per heavy atom. The van der Waals surface area contributed by atoms with Crippen LogP contribution in [0.1, 0.15) is 12.5 Å². The summed E-state index contributed by atoms with van der Waals surface area (Å²) >= 11 is 3.35. The number of halogens is 1. The zero-order chi connectivity index (χ0) is 22.4. The highest BCUT2D eigenvalue weighted by molar-refractivity contribution is 9.10. The molecule has 0 unspecified atom stereocenters. The Morgan fingerprint density at radius 2 is 1.58 bits per heavy atom. The molecular weight excluding hydrogens is 480 g/mol. The number of aryl methyl sites for hydroxylation is 1. The van der Waals surface area contributed by atoms with Crippen molar-refractivity contribution in [3.05, 3.63) is 82.8 Å². The van der Waals surface area contributed by atoms with E-state index in [4.69, 9.17) is 4.74 Å². The summed E-state index contributed by atoms with van der Waals surface area (Å²) in [6.45, 7) is 3.95. The molecule has 0 saturated carbocycles. The molecule has 0 heterocycles. The van der Waals surface area contributed by atoms with Crippen LogP contribution in [0.15, 0.2) is 82.2 Å². The van der Waals surface area contributed by atoms with Gasteiger partial charge in [-0.2, -0.15) is 0 Å². The number of amides is 1. The second-order valence-corrected chi connectivity index (χ2v) is 9.58. The number of nitrogens with one attached hydrogen (secondary N) is 1. The van der Waals surface area contributed by atoms with E-state index < -0.39 is 15.9 Å². The lowest BCUT2D eigenvalue weighted by atomic mass is 10.2. The Kier molecular flexibility index (Phi) is 7.35. The summed E-state index contributed by atoms with van der Waals surface area (Å²) in [6, 6.07) is 20.2. The molecule has 162 valence electrons. The second-order valence-electron chi connectivity index (χ2n) is 6.81. The number of hydrogen-bond donors (Lipinski definition) is 1. The van der Waals surface area contributed by atoms with E-state index in [1.54, 1.807) is 72.8 Å². The van der Waals surface area contributed by atoms with Gasteiger partial charge in [-0.1, -0.05) is 33.6 Å². The van der Waals surface area contributed by atoms with Crippen molar-refractivity contribution in [1.82, 2.24) is 0 Å². The summed E-state index contributed by atoms with van der Waals surface area (Å²) < 4.78 is 34.0. The molecule has 0 fully saturated rings. The Morgan fingerprint density at radius 1 is 0.968 bits per heavy atom. The number of nitrogens with zero attached hydrogens (tertiary/aromatic N) is 1. The second kappa shape index (κ2) is 9.98. The Balaban J connectivity index is 1.86. The summed E-state index contributed by atoms with van der Waals surface area (Å²) in [7, 11) is -3.95. The summed E-state index contributed by atoms with van der Waals surface area (Å²) in [4.78, 5) is 12.9. The Hall–Kier alpha value is -2.84. The molecule has 0 bridgehead atoms. The van der Waals surface area contributed by atoms with Gasteiger partial charge in [0.25, 0.3) is 10.0 Å². The maximum atomic E-state index is 13.4. The van der Waals surface area contributed by atoms with E-state index in [0.717, 1.165) is 14.3 Å². The van der Waals surface area contributed by atoms with E-state index in [1.165, 1.54) is 0 Å². The van der Waals surface area contributed by atoms with Crippen molar-refractivity contribution >= 4 is 43.2 Å². The molecule has 0 radical (unpaired) electrons. The molecule has 3 aromatic rings. The van der Waals surface area contributed by atoms with Crippen LogP contribution < -0.4 is 14.4 Å². The Bertz CT molecular complexity index is 1130. The Labute approximate surface area is 191 Å². The van der Waals surface area contributed by atoms with Gasteiger partial charge in [-0.3, -0.25) is 9.10 Å². The van der Waals surface area contributed by atoms with Crippen molar-refractivity contribution in [3.63, 3.8) is 0 Å². The molecule has 0 saturated heterocycles. The van der Waals surface area contributed by atoms with Gasteiger partial charge < -0.3 is 10.1 Å². The van der Waals surface area contributed by atoms with Gasteiger partial charge in [0.15, 0.2) is 0 Å². The zero-order valence-corrected chi connectivity index (χ0v) is 19.6. The van der Waals surface area contributed by atoms with Gasteiger partial charge in [-0.15, -0.1) is 0 Å². The number of carbonyl (C=O) groups is 1. The van der Waals surface area contributed by atoms with Crippen molar-refractivity contribution in [2.24, 2.45) is 0 Å². The topological polar surface area (TPSA) is 75.7 Å². The molecule has 3 rings (SSSR count). The SMILES string of the molecule is CCOc1ccc(NC(=O)CN(c2ccc(Br)cc2)S(=O)(=O)c2ccc(C)cc2)cc1. The molecule has 6 nitrogen and oxygen atoms in total. The smallest absolute Gasteiger partial charge is 0.264 e. The van der Waals surface area contributed by atoms with Crippen LogP contribution in [0.2, 0.25) is 0 Å². The fraction of sp³-hybridized carbons (Fsp3) is 0.174. The molecule has 0 aliphatic heterocycles. The summed E-state index contributed by atoms with van der Waals surface area (Å²) in [5, 5.41) is 2.75. The van der Waals surface area contributed by atoms with E-state index in [9.17, 15) is 13.2 Å². The standard InChI is InChI=1S/C23H23BrN2O4S/c1-3-30-21-12-8-19(9-13-21)25-23(27)16-26(20-10-6-18(24)7-11-20)31(28,29)22-14-4-17(2)5-15-22/h4-15H,3,16H2,1-2H3,(H,25,27). The van der Waals surface area contributed by atoms with E-state index in [2.05, 4.69) is 21.2 Å². The highest BCUT2D eigenvalue weighted by Crippen LogP contribution is 2.26. The zero-order valence-electron chi connectivity index (χ0n) is 17.2. The molecule has 1 amide bonds. The predicted octanol–water partition coefficient (Wildman–Crippen LogP) is 4.99. The van der Waals surface area contributed by atoms with Crippen molar-refractivity contribution in [3.8, 4) is 5.75 Å². The van der Waals surface area contributed by atoms with Gasteiger partial charge in [0, 0.05) is 10.2 Å².